The van der Waals surface area contributed by atoms with Gasteiger partial charge in [-0.2, -0.15) is 12.6 Å². The van der Waals surface area contributed by atoms with E-state index in [0.29, 0.717) is 49.1 Å². The van der Waals surface area contributed by atoms with Gasteiger partial charge >= 0.3 is 14.6 Å². The molecule has 0 radical (unpaired) electrons. The van der Waals surface area contributed by atoms with E-state index in [-0.39, 0.29) is 36.3 Å². The Morgan fingerprint density at radius 1 is 1.06 bits per heavy atom. The Hall–Kier alpha value is 1.21. The normalized spacial score (nSPS) is 36.9. The fourth-order valence-electron chi connectivity index (χ4n) is 4.13. The first kappa shape index (κ1) is 30.8. The van der Waals surface area contributed by atoms with Crippen molar-refractivity contribution < 1.29 is 51.4 Å². The summed E-state index contributed by atoms with van der Waals surface area (Å²) in [5.41, 5.74) is 0. The predicted molar refractivity (Wildman–Crippen MR) is 140 cm³/mol. The van der Waals surface area contributed by atoms with Gasteiger partial charge in [-0.05, 0) is 31.1 Å². The second kappa shape index (κ2) is 14.6. The minimum absolute atomic E-state index is 0.0457. The zero-order valence-electron chi connectivity index (χ0n) is 19.8. The van der Waals surface area contributed by atoms with Crippen LogP contribution in [0.2, 0.25) is 0 Å². The summed E-state index contributed by atoms with van der Waals surface area (Å²) in [5.74, 6) is 0.0457. The Balaban J connectivity index is 1.46. The van der Waals surface area contributed by atoms with Gasteiger partial charge in [-0.25, -0.2) is 9.13 Å². The number of phosphoric acid groups is 1. The van der Waals surface area contributed by atoms with Gasteiger partial charge in [-0.1, -0.05) is 0 Å². The molecule has 3 heterocycles. The van der Waals surface area contributed by atoms with E-state index in [1.165, 1.54) is 0 Å². The summed E-state index contributed by atoms with van der Waals surface area (Å²) < 4.78 is 63.6. The van der Waals surface area contributed by atoms with Crippen LogP contribution >= 0.6 is 50.4 Å². The van der Waals surface area contributed by atoms with Crippen LogP contribution in [0.3, 0.4) is 0 Å². The fourth-order valence-corrected chi connectivity index (χ4v) is 9.30. The molecule has 0 amide bonds. The summed E-state index contributed by atoms with van der Waals surface area (Å²) in [6, 6.07) is -0.105. The van der Waals surface area contributed by atoms with Gasteiger partial charge in [0.15, 0.2) is 0 Å². The minimum Gasteiger partial charge on any atom is -0.379 e. The van der Waals surface area contributed by atoms with Crippen molar-refractivity contribution in [3.8, 4) is 0 Å². The molecule has 3 aliphatic heterocycles. The van der Waals surface area contributed by atoms with Crippen molar-refractivity contribution in [2.24, 2.45) is 0 Å². The lowest BCUT2D eigenvalue weighted by atomic mass is 9.96. The Morgan fingerprint density at radius 2 is 1.80 bits per heavy atom. The van der Waals surface area contributed by atoms with Crippen LogP contribution < -0.4 is 0 Å². The van der Waals surface area contributed by atoms with Gasteiger partial charge in [0.2, 0.25) is 0 Å². The molecule has 0 aromatic carbocycles. The quantitative estimate of drug-likeness (QED) is 0.110. The smallest absolute Gasteiger partial charge is 0.379 e. The molecule has 0 bridgehead atoms. The van der Waals surface area contributed by atoms with Crippen molar-refractivity contribution in [3.05, 3.63) is 0 Å². The molecule has 35 heavy (non-hydrogen) atoms. The van der Waals surface area contributed by atoms with Crippen molar-refractivity contribution in [2.75, 3.05) is 43.9 Å². The average Bonchev–Trinajstić information content (AvgIpc) is 3.50. The van der Waals surface area contributed by atoms with Crippen molar-refractivity contribution in [1.29, 1.82) is 0 Å². The summed E-state index contributed by atoms with van der Waals surface area (Å²) >= 11 is 6.51. The van der Waals surface area contributed by atoms with E-state index in [1.807, 2.05) is 14.8 Å². The molecule has 3 aliphatic rings. The Kier molecular flexibility index (Phi) is 12.8. The van der Waals surface area contributed by atoms with E-state index in [4.69, 9.17) is 32.5 Å². The molecule has 9 unspecified atom stereocenters. The third-order valence-corrected chi connectivity index (χ3v) is 11.4. The van der Waals surface area contributed by atoms with Crippen molar-refractivity contribution in [2.45, 2.75) is 68.0 Å². The van der Waals surface area contributed by atoms with Gasteiger partial charge in [0, 0.05) is 48.3 Å². The molecule has 0 spiro atoms. The maximum absolute atomic E-state index is 12.7. The van der Waals surface area contributed by atoms with E-state index in [1.54, 1.807) is 11.8 Å². The number of hydrogen-bond acceptors (Lipinski definition) is 12. The highest BCUT2D eigenvalue weighted by Gasteiger charge is 2.42. The standard InChI is InChI=1S/C18H35BO11P2S3/c1-2-24-8-14-13(7-18(19)28-14)30-32(22,23)35-10-16-12(3-5-26-16)29-31(20,21)27-9-15-17(34-11-33)4-6-25-15/h12-18,33H,2-11,19H2,1H3,(H,20,21)(H,22,23). The average molecular weight is 596 g/mol. The molecule has 204 valence electrons. The lowest BCUT2D eigenvalue weighted by Crippen LogP contribution is -2.29. The summed E-state index contributed by atoms with van der Waals surface area (Å²) in [4.78, 5) is 20.6. The van der Waals surface area contributed by atoms with Gasteiger partial charge < -0.3 is 28.7 Å². The minimum atomic E-state index is -4.38. The van der Waals surface area contributed by atoms with Crippen LogP contribution in [0.5, 0.6) is 0 Å². The van der Waals surface area contributed by atoms with Crippen molar-refractivity contribution in [1.82, 2.24) is 0 Å². The SMILES string of the molecule is BC1CC(OP(=O)(O)SCC2OCCC2OP(=O)(O)OCC2OCCC2SCS)C(COCC)O1. The number of thiol groups is 1. The number of thioether (sulfide) groups is 1. The Labute approximate surface area is 221 Å². The highest BCUT2D eigenvalue weighted by molar-refractivity contribution is 8.54. The van der Waals surface area contributed by atoms with Gasteiger partial charge in [-0.3, -0.25) is 13.6 Å². The number of phosphoric ester groups is 1. The molecule has 0 aromatic rings. The Morgan fingerprint density at radius 3 is 2.54 bits per heavy atom. The Bertz CT molecular complexity index is 756. The number of rotatable bonds is 15. The van der Waals surface area contributed by atoms with Gasteiger partial charge in [0.1, 0.15) is 14.0 Å². The van der Waals surface area contributed by atoms with Crippen LogP contribution in [0.4, 0.5) is 0 Å². The molecule has 0 saturated carbocycles. The molecule has 0 aliphatic carbocycles. The second-order valence-corrected chi connectivity index (χ2v) is 15.7. The molecule has 3 saturated heterocycles. The van der Waals surface area contributed by atoms with E-state index < -0.39 is 39.0 Å². The van der Waals surface area contributed by atoms with Crippen LogP contribution in [0.1, 0.15) is 26.2 Å². The van der Waals surface area contributed by atoms with E-state index in [0.717, 1.165) is 6.42 Å². The second-order valence-electron chi connectivity index (χ2n) is 8.43. The molecular formula is C18H35BO11P2S3. The molecule has 0 aromatic heterocycles. The van der Waals surface area contributed by atoms with E-state index in [2.05, 4.69) is 12.6 Å². The predicted octanol–water partition coefficient (Wildman–Crippen LogP) is 2.06. The first-order valence-electron chi connectivity index (χ1n) is 11.6. The van der Waals surface area contributed by atoms with Gasteiger partial charge in [-0.15, -0.1) is 11.8 Å². The third kappa shape index (κ3) is 10.0. The third-order valence-electron chi connectivity index (χ3n) is 5.80. The summed E-state index contributed by atoms with van der Waals surface area (Å²) in [7, 11) is -2.51. The lowest BCUT2D eigenvalue weighted by Gasteiger charge is -2.24. The molecule has 11 nitrogen and oxygen atoms in total. The fraction of sp³-hybridized carbons (Fsp3) is 1.00. The zero-order valence-corrected chi connectivity index (χ0v) is 24.2. The van der Waals surface area contributed by atoms with Crippen LogP contribution in [-0.4, -0.2) is 103 Å². The maximum Gasteiger partial charge on any atom is 0.472 e. The van der Waals surface area contributed by atoms with E-state index in [9.17, 15) is 18.9 Å². The monoisotopic (exact) mass is 596 g/mol. The number of hydrogen-bond donors (Lipinski definition) is 3. The first-order chi connectivity index (χ1) is 16.6. The summed E-state index contributed by atoms with van der Waals surface area (Å²) in [6.45, 7) is -0.616. The largest absolute Gasteiger partial charge is 0.472 e. The van der Waals surface area contributed by atoms with Crippen LogP contribution in [0.25, 0.3) is 0 Å². The van der Waals surface area contributed by atoms with E-state index >= 15 is 0 Å². The van der Waals surface area contributed by atoms with Crippen molar-refractivity contribution >= 4 is 58.2 Å². The van der Waals surface area contributed by atoms with Crippen LogP contribution in [0, 0.1) is 0 Å². The van der Waals surface area contributed by atoms with Gasteiger partial charge in [0.05, 0.1) is 37.6 Å². The van der Waals surface area contributed by atoms with Crippen molar-refractivity contribution in [3.63, 3.8) is 0 Å². The van der Waals surface area contributed by atoms with Gasteiger partial charge in [0.25, 0.3) is 0 Å². The molecule has 2 N–H and O–H groups in total. The van der Waals surface area contributed by atoms with Crippen LogP contribution in [0.15, 0.2) is 0 Å². The molecule has 3 fully saturated rings. The molecule has 9 atom stereocenters. The number of ether oxygens (including phenoxy) is 4. The first-order valence-corrected chi connectivity index (χ1v) is 18.0. The molecular weight excluding hydrogens is 561 g/mol. The highest BCUT2D eigenvalue weighted by atomic mass is 32.7. The molecule has 3 rings (SSSR count). The summed E-state index contributed by atoms with van der Waals surface area (Å²) in [5, 5.41) is 0.765. The highest BCUT2D eigenvalue weighted by Crippen LogP contribution is 2.58. The maximum atomic E-state index is 12.7. The molecule has 17 heteroatoms. The summed E-state index contributed by atoms with van der Waals surface area (Å²) in [6.07, 6.45) is -1.05. The topological polar surface area (TPSA) is 139 Å². The van der Waals surface area contributed by atoms with Crippen LogP contribution in [-0.2, 0) is 41.6 Å². The zero-order chi connectivity index (χ0) is 25.5. The lowest BCUT2D eigenvalue weighted by molar-refractivity contribution is -0.0222.